The molecule has 0 atom stereocenters. The third-order valence-electron chi connectivity index (χ3n) is 1.39. The van der Waals surface area contributed by atoms with E-state index < -0.39 is 0 Å². The normalized spacial score (nSPS) is 17.2. The van der Waals surface area contributed by atoms with Crippen LogP contribution in [0.3, 0.4) is 0 Å². The molecule has 1 rings (SSSR count). The Morgan fingerprint density at radius 1 is 1.73 bits per heavy atom. The zero-order valence-electron chi connectivity index (χ0n) is 6.05. The van der Waals surface area contributed by atoms with E-state index in [4.69, 9.17) is 11.6 Å². The van der Waals surface area contributed by atoms with Crippen LogP contribution in [0.25, 0.3) is 0 Å². The molecule has 0 unspecified atom stereocenters. The summed E-state index contributed by atoms with van der Waals surface area (Å²) < 4.78 is 0. The van der Waals surface area contributed by atoms with E-state index >= 15 is 0 Å². The van der Waals surface area contributed by atoms with Gasteiger partial charge in [-0.3, -0.25) is 4.99 Å². The van der Waals surface area contributed by atoms with Gasteiger partial charge in [0.15, 0.2) is 0 Å². The number of hydrogen-bond donors (Lipinski definition) is 1. The van der Waals surface area contributed by atoms with E-state index in [0.717, 1.165) is 11.3 Å². The molecule has 0 spiro atoms. The molecule has 1 N–H and O–H groups in total. The summed E-state index contributed by atoms with van der Waals surface area (Å²) in [4.78, 5) is 4.02. The van der Waals surface area contributed by atoms with Crippen LogP contribution in [0.5, 0.6) is 0 Å². The van der Waals surface area contributed by atoms with E-state index in [1.807, 2.05) is 0 Å². The average molecular weight is 169 g/mol. The van der Waals surface area contributed by atoms with E-state index in [0.29, 0.717) is 6.54 Å². The first kappa shape index (κ1) is 8.08. The van der Waals surface area contributed by atoms with Gasteiger partial charge in [-0.1, -0.05) is 24.3 Å². The van der Waals surface area contributed by atoms with Crippen LogP contribution in [0.2, 0.25) is 0 Å². The first-order valence-electron chi connectivity index (χ1n) is 3.25. The van der Waals surface area contributed by atoms with Crippen LogP contribution in [-0.4, -0.2) is 12.9 Å². The van der Waals surface area contributed by atoms with Crippen molar-refractivity contribution in [2.24, 2.45) is 4.99 Å². The molecule has 0 aromatic rings. The fourth-order valence-corrected chi connectivity index (χ4v) is 0.956. The number of nitrogens with one attached hydrogen (secondary N) is 1. The second-order valence-electron chi connectivity index (χ2n) is 2.05. The highest BCUT2D eigenvalue weighted by Gasteiger charge is 2.01. The molecular formula is C8H9ClN2. The predicted octanol–water partition coefficient (Wildman–Crippen LogP) is 1.81. The largest absolute Gasteiger partial charge is 0.346 e. The Bertz CT molecular complexity index is 238. The third-order valence-corrected chi connectivity index (χ3v) is 1.52. The Hall–Kier alpha value is -1.02. The molecule has 0 saturated heterocycles. The van der Waals surface area contributed by atoms with Crippen LogP contribution < -0.4 is 5.32 Å². The van der Waals surface area contributed by atoms with Crippen molar-refractivity contribution < 1.29 is 0 Å². The summed E-state index contributed by atoms with van der Waals surface area (Å²) >= 11 is 5.42. The van der Waals surface area contributed by atoms with Gasteiger partial charge in [-0.15, -0.1) is 0 Å². The highest BCUT2D eigenvalue weighted by atomic mass is 35.5. The van der Waals surface area contributed by atoms with Crippen molar-refractivity contribution in [2.45, 2.75) is 0 Å². The molecule has 2 nitrogen and oxygen atoms in total. The molecule has 0 radical (unpaired) electrons. The maximum atomic E-state index is 5.42. The predicted molar refractivity (Wildman–Crippen MR) is 48.7 cm³/mol. The van der Waals surface area contributed by atoms with Crippen molar-refractivity contribution in [3.05, 3.63) is 35.5 Å². The minimum Gasteiger partial charge on any atom is -0.346 e. The van der Waals surface area contributed by atoms with Gasteiger partial charge in [-0.05, 0) is 11.6 Å². The average Bonchev–Trinajstić information content (AvgIpc) is 2.06. The first-order chi connectivity index (χ1) is 5.38. The number of hydrogen-bond acceptors (Lipinski definition) is 2. The van der Waals surface area contributed by atoms with Crippen LogP contribution in [-0.2, 0) is 0 Å². The summed E-state index contributed by atoms with van der Waals surface area (Å²) in [6.45, 7) is 4.34. The minimum atomic E-state index is 0.674. The van der Waals surface area contributed by atoms with Gasteiger partial charge in [-0.2, -0.15) is 0 Å². The first-order valence-corrected chi connectivity index (χ1v) is 3.69. The van der Waals surface area contributed by atoms with Crippen molar-refractivity contribution >= 4 is 17.9 Å². The molecule has 0 saturated carbocycles. The fourth-order valence-electron chi connectivity index (χ4n) is 0.830. The van der Waals surface area contributed by atoms with Crippen molar-refractivity contribution in [1.29, 1.82) is 0 Å². The Balaban J connectivity index is 2.83. The van der Waals surface area contributed by atoms with Crippen molar-refractivity contribution in [3.63, 3.8) is 0 Å². The Labute approximate surface area is 71.0 Å². The van der Waals surface area contributed by atoms with E-state index in [2.05, 4.69) is 16.9 Å². The fraction of sp³-hybridized carbons (Fsp3) is 0.125. The van der Waals surface area contributed by atoms with Crippen molar-refractivity contribution in [1.82, 2.24) is 5.32 Å². The number of allylic oxidation sites excluding steroid dienone is 1. The lowest BCUT2D eigenvalue weighted by Gasteiger charge is -2.10. The second kappa shape index (κ2) is 3.98. The zero-order chi connectivity index (χ0) is 8.10. The lowest BCUT2D eigenvalue weighted by Crippen LogP contribution is -2.16. The SMILES string of the molecule is C=CC1=C(/C=C/Cl)NC=NC1. The monoisotopic (exact) mass is 168 g/mol. The van der Waals surface area contributed by atoms with Crippen LogP contribution in [0.4, 0.5) is 0 Å². The summed E-state index contributed by atoms with van der Waals surface area (Å²) in [5.41, 5.74) is 3.49. The molecule has 3 heteroatoms. The van der Waals surface area contributed by atoms with Crippen LogP contribution in [0, 0.1) is 0 Å². The molecule has 1 heterocycles. The van der Waals surface area contributed by atoms with Crippen molar-refractivity contribution in [2.75, 3.05) is 6.54 Å². The Kier molecular flexibility index (Phi) is 2.93. The maximum Gasteiger partial charge on any atom is 0.0872 e. The van der Waals surface area contributed by atoms with Gasteiger partial charge in [0, 0.05) is 11.2 Å². The molecule has 1 aliphatic heterocycles. The van der Waals surface area contributed by atoms with Gasteiger partial charge in [0.1, 0.15) is 0 Å². The van der Waals surface area contributed by atoms with Crippen LogP contribution >= 0.6 is 11.6 Å². The van der Waals surface area contributed by atoms with Gasteiger partial charge >= 0.3 is 0 Å². The molecule has 1 aliphatic rings. The summed E-state index contributed by atoms with van der Waals surface area (Å²) in [5, 5.41) is 2.97. The number of nitrogens with zero attached hydrogens (tertiary/aromatic N) is 1. The zero-order valence-corrected chi connectivity index (χ0v) is 6.80. The van der Waals surface area contributed by atoms with E-state index in [1.165, 1.54) is 5.54 Å². The van der Waals surface area contributed by atoms with Crippen LogP contribution in [0.1, 0.15) is 0 Å². The molecular weight excluding hydrogens is 160 g/mol. The Morgan fingerprint density at radius 3 is 3.18 bits per heavy atom. The molecule has 0 bridgehead atoms. The lowest BCUT2D eigenvalue weighted by atomic mass is 10.2. The second-order valence-corrected chi connectivity index (χ2v) is 2.30. The molecule has 0 fully saturated rings. The Morgan fingerprint density at radius 2 is 2.55 bits per heavy atom. The van der Waals surface area contributed by atoms with Gasteiger partial charge in [0.05, 0.1) is 12.9 Å². The summed E-state index contributed by atoms with van der Waals surface area (Å²) in [5.74, 6) is 0. The van der Waals surface area contributed by atoms with Crippen molar-refractivity contribution in [3.8, 4) is 0 Å². The molecule has 0 aliphatic carbocycles. The van der Waals surface area contributed by atoms with Gasteiger partial charge in [-0.25, -0.2) is 0 Å². The number of aliphatic imine (C=N–C) groups is 1. The topological polar surface area (TPSA) is 24.4 Å². The van der Waals surface area contributed by atoms with Gasteiger partial charge in [0.2, 0.25) is 0 Å². The maximum absolute atomic E-state index is 5.42. The van der Waals surface area contributed by atoms with Gasteiger partial charge in [0.25, 0.3) is 0 Å². The standard InChI is InChI=1S/C8H9ClN2/c1-2-7-5-10-6-11-8(7)3-4-9/h2-4,6H,1,5H2,(H,10,11)/b4-3+. The minimum absolute atomic E-state index is 0.674. The summed E-state index contributed by atoms with van der Waals surface area (Å²) in [7, 11) is 0. The number of halogens is 1. The van der Waals surface area contributed by atoms with E-state index in [1.54, 1.807) is 18.5 Å². The van der Waals surface area contributed by atoms with E-state index in [-0.39, 0.29) is 0 Å². The smallest absolute Gasteiger partial charge is 0.0872 e. The van der Waals surface area contributed by atoms with Crippen LogP contribution in [0.15, 0.2) is 40.5 Å². The highest BCUT2D eigenvalue weighted by Crippen LogP contribution is 2.07. The molecule has 0 aromatic heterocycles. The molecule has 0 aromatic carbocycles. The lowest BCUT2D eigenvalue weighted by molar-refractivity contribution is 1.04. The molecule has 0 amide bonds. The number of rotatable bonds is 2. The molecule has 58 valence electrons. The molecule has 11 heavy (non-hydrogen) atoms. The van der Waals surface area contributed by atoms with Gasteiger partial charge < -0.3 is 5.32 Å². The quantitative estimate of drug-likeness (QED) is 0.668. The summed E-state index contributed by atoms with van der Waals surface area (Å²) in [6, 6.07) is 0. The van der Waals surface area contributed by atoms with E-state index in [9.17, 15) is 0 Å². The third kappa shape index (κ3) is 1.95. The highest BCUT2D eigenvalue weighted by molar-refractivity contribution is 6.25. The summed E-state index contributed by atoms with van der Waals surface area (Å²) in [6.07, 6.45) is 5.21.